The number of carboxylic acids is 2. The van der Waals surface area contributed by atoms with Crippen LogP contribution in [0.2, 0.25) is 0 Å². The van der Waals surface area contributed by atoms with Crippen LogP contribution in [0.4, 0.5) is 9.59 Å². The first-order chi connectivity index (χ1) is 23.3. The zero-order valence-electron chi connectivity index (χ0n) is 25.5. The van der Waals surface area contributed by atoms with Gasteiger partial charge in [-0.25, -0.2) is 19.2 Å². The fourth-order valence-corrected chi connectivity index (χ4v) is 8.46. The van der Waals surface area contributed by atoms with Crippen molar-refractivity contribution in [2.24, 2.45) is 0 Å². The van der Waals surface area contributed by atoms with Crippen LogP contribution in [-0.2, 0) is 19.1 Å². The lowest BCUT2D eigenvalue weighted by molar-refractivity contribution is -0.139. The van der Waals surface area contributed by atoms with Crippen molar-refractivity contribution >= 4 is 45.7 Å². The molecule has 0 heterocycles. The third-order valence-electron chi connectivity index (χ3n) is 8.42. The predicted octanol–water partition coefficient (Wildman–Crippen LogP) is 6.35. The number of carbonyl (C=O) groups is 4. The minimum Gasteiger partial charge on any atom is -0.480 e. The van der Waals surface area contributed by atoms with Crippen molar-refractivity contribution in [3.63, 3.8) is 0 Å². The van der Waals surface area contributed by atoms with Gasteiger partial charge in [-0.1, -0.05) is 119 Å². The second-order valence-electron chi connectivity index (χ2n) is 11.3. The molecule has 246 valence electrons. The molecular formula is C36H32N2O8S2. The zero-order chi connectivity index (χ0) is 33.6. The standard InChI is InChI=1S/C36H32N2O8S2/c39-33(40)31(37-35(43)45-17-29-25-13-5-1-9-21(25)22-10-2-6-14-26(22)29)19-47-48-20-32(34(41)42)38-36(44)46-18-30-27-15-7-3-11-23(27)24-12-4-8-16-28(24)30/h1-16,29-32H,17-20H2,(H,37,43)(H,38,44)(H,39,40)(H,41,42). The molecule has 4 N–H and O–H groups in total. The van der Waals surface area contributed by atoms with E-state index in [2.05, 4.69) is 10.6 Å². The summed E-state index contributed by atoms with van der Waals surface area (Å²) in [5.41, 5.74) is 8.44. The van der Waals surface area contributed by atoms with Gasteiger partial charge in [0, 0.05) is 23.3 Å². The van der Waals surface area contributed by atoms with Gasteiger partial charge >= 0.3 is 24.1 Å². The first-order valence-corrected chi connectivity index (χ1v) is 17.7. The minimum atomic E-state index is -1.28. The van der Waals surface area contributed by atoms with Gasteiger partial charge < -0.3 is 30.3 Å². The number of benzene rings is 4. The lowest BCUT2D eigenvalue weighted by Gasteiger charge is -2.18. The van der Waals surface area contributed by atoms with E-state index in [9.17, 15) is 29.4 Å². The van der Waals surface area contributed by atoms with E-state index < -0.39 is 36.2 Å². The average Bonchev–Trinajstić information content (AvgIpc) is 3.59. The Kier molecular flexibility index (Phi) is 10.2. The summed E-state index contributed by atoms with van der Waals surface area (Å²) < 4.78 is 10.9. The number of alkyl carbamates (subject to hydrolysis) is 2. The van der Waals surface area contributed by atoms with E-state index in [1.807, 2.05) is 97.1 Å². The normalized spacial score (nSPS) is 14.1. The summed E-state index contributed by atoms with van der Waals surface area (Å²) in [6.45, 7) is 0.0752. The second-order valence-corrected chi connectivity index (χ2v) is 13.8. The Labute approximate surface area is 284 Å². The van der Waals surface area contributed by atoms with Crippen LogP contribution < -0.4 is 10.6 Å². The molecule has 2 aliphatic rings. The zero-order valence-corrected chi connectivity index (χ0v) is 27.2. The third-order valence-corrected chi connectivity index (χ3v) is 10.8. The minimum absolute atomic E-state index is 0.0376. The van der Waals surface area contributed by atoms with E-state index in [1.54, 1.807) is 0 Å². The molecule has 2 aliphatic carbocycles. The Bertz CT molecular complexity index is 1630. The van der Waals surface area contributed by atoms with E-state index in [-0.39, 0.29) is 36.6 Å². The molecule has 0 radical (unpaired) electrons. The van der Waals surface area contributed by atoms with Crippen LogP contribution in [-0.4, -0.2) is 71.1 Å². The number of fused-ring (bicyclic) bond motifs is 6. The van der Waals surface area contributed by atoms with Gasteiger partial charge in [-0.15, -0.1) is 0 Å². The first kappa shape index (κ1) is 33.0. The number of ether oxygens (including phenoxy) is 2. The number of aliphatic carboxylic acids is 2. The highest BCUT2D eigenvalue weighted by molar-refractivity contribution is 8.76. The Morgan fingerprint density at radius 1 is 0.542 bits per heavy atom. The highest BCUT2D eigenvalue weighted by Crippen LogP contribution is 2.45. The van der Waals surface area contributed by atoms with Crippen molar-refractivity contribution in [3.05, 3.63) is 119 Å². The van der Waals surface area contributed by atoms with E-state index in [1.165, 1.54) is 0 Å². The van der Waals surface area contributed by atoms with E-state index in [4.69, 9.17) is 9.47 Å². The van der Waals surface area contributed by atoms with Crippen LogP contribution >= 0.6 is 21.6 Å². The van der Waals surface area contributed by atoms with Crippen LogP contribution in [0.5, 0.6) is 0 Å². The molecule has 2 unspecified atom stereocenters. The van der Waals surface area contributed by atoms with Crippen LogP contribution in [0.25, 0.3) is 22.3 Å². The summed E-state index contributed by atoms with van der Waals surface area (Å²) in [6.07, 6.45) is -1.73. The molecule has 0 aromatic heterocycles. The molecule has 0 spiro atoms. The van der Waals surface area contributed by atoms with Crippen molar-refractivity contribution in [1.29, 1.82) is 0 Å². The predicted molar refractivity (Wildman–Crippen MR) is 184 cm³/mol. The number of carbonyl (C=O) groups excluding carboxylic acids is 2. The molecule has 0 aliphatic heterocycles. The van der Waals surface area contributed by atoms with Crippen molar-refractivity contribution < 1.29 is 38.9 Å². The van der Waals surface area contributed by atoms with Crippen molar-refractivity contribution in [1.82, 2.24) is 10.6 Å². The van der Waals surface area contributed by atoms with E-state index in [0.717, 1.165) is 66.1 Å². The second kappa shape index (κ2) is 14.9. The summed E-state index contributed by atoms with van der Waals surface area (Å²) in [5.74, 6) is -3.00. The number of hydrogen-bond donors (Lipinski definition) is 4. The maximum atomic E-state index is 12.6. The number of carboxylic acid groups (broad SMARTS) is 2. The summed E-state index contributed by atoms with van der Waals surface area (Å²) in [4.78, 5) is 49.0. The monoisotopic (exact) mass is 684 g/mol. The molecule has 48 heavy (non-hydrogen) atoms. The third kappa shape index (κ3) is 7.14. The van der Waals surface area contributed by atoms with Gasteiger partial charge in [0.15, 0.2) is 0 Å². The number of rotatable bonds is 13. The van der Waals surface area contributed by atoms with Crippen molar-refractivity contribution in [3.8, 4) is 22.3 Å². The molecule has 12 heteroatoms. The van der Waals surface area contributed by atoms with E-state index >= 15 is 0 Å². The molecular weight excluding hydrogens is 653 g/mol. The summed E-state index contributed by atoms with van der Waals surface area (Å²) in [6, 6.07) is 29.0. The molecule has 10 nitrogen and oxygen atoms in total. The molecule has 2 amide bonds. The molecule has 0 bridgehead atoms. The summed E-state index contributed by atoms with van der Waals surface area (Å²) in [5, 5.41) is 24.2. The van der Waals surface area contributed by atoms with Gasteiger partial charge in [-0.2, -0.15) is 0 Å². The van der Waals surface area contributed by atoms with E-state index in [0.29, 0.717) is 0 Å². The highest BCUT2D eigenvalue weighted by atomic mass is 33.1. The number of hydrogen-bond acceptors (Lipinski definition) is 8. The summed E-state index contributed by atoms with van der Waals surface area (Å²) >= 11 is 0. The van der Waals surface area contributed by atoms with Crippen molar-refractivity contribution in [2.45, 2.75) is 23.9 Å². The maximum Gasteiger partial charge on any atom is 0.407 e. The topological polar surface area (TPSA) is 151 Å². The number of nitrogens with one attached hydrogen (secondary N) is 2. The quantitative estimate of drug-likeness (QED) is 0.0926. The molecule has 4 aromatic rings. The lowest BCUT2D eigenvalue weighted by atomic mass is 9.98. The van der Waals surface area contributed by atoms with Gasteiger partial charge in [0.1, 0.15) is 25.3 Å². The number of amides is 2. The average molecular weight is 685 g/mol. The van der Waals surface area contributed by atoms with Gasteiger partial charge in [-0.05, 0) is 44.5 Å². The van der Waals surface area contributed by atoms with Gasteiger partial charge in [-0.3, -0.25) is 0 Å². The van der Waals surface area contributed by atoms with Crippen LogP contribution in [0, 0.1) is 0 Å². The van der Waals surface area contributed by atoms with Gasteiger partial charge in [0.2, 0.25) is 0 Å². The Morgan fingerprint density at radius 2 is 0.833 bits per heavy atom. The molecule has 6 rings (SSSR count). The van der Waals surface area contributed by atoms with Gasteiger partial charge in [0.05, 0.1) is 0 Å². The maximum absolute atomic E-state index is 12.6. The lowest BCUT2D eigenvalue weighted by Crippen LogP contribution is -2.43. The fraction of sp³-hybridized carbons (Fsp3) is 0.222. The molecule has 0 fully saturated rings. The Morgan fingerprint density at radius 3 is 1.12 bits per heavy atom. The fourth-order valence-electron chi connectivity index (χ4n) is 6.15. The largest absolute Gasteiger partial charge is 0.480 e. The summed E-state index contributed by atoms with van der Waals surface area (Å²) in [7, 11) is 2.12. The van der Waals surface area contributed by atoms with Crippen LogP contribution in [0.3, 0.4) is 0 Å². The molecule has 0 saturated carbocycles. The van der Waals surface area contributed by atoms with Gasteiger partial charge in [0.25, 0.3) is 0 Å². The van der Waals surface area contributed by atoms with Crippen LogP contribution in [0.15, 0.2) is 97.1 Å². The van der Waals surface area contributed by atoms with Crippen LogP contribution in [0.1, 0.15) is 34.1 Å². The highest BCUT2D eigenvalue weighted by Gasteiger charge is 2.31. The molecule has 2 atom stereocenters. The molecule has 0 saturated heterocycles. The molecule has 4 aromatic carbocycles. The first-order valence-electron chi connectivity index (χ1n) is 15.2. The Hall–Kier alpha value is -4.94. The smallest absolute Gasteiger partial charge is 0.407 e. The van der Waals surface area contributed by atoms with Crippen molar-refractivity contribution in [2.75, 3.05) is 24.7 Å². The Balaban J connectivity index is 0.957. The SMILES string of the molecule is O=C(NC(CSSCC(NC(=O)OCC1c2ccccc2-c2ccccc21)C(=O)O)C(=O)O)OCC1c2ccccc2-c2ccccc21.